The minimum atomic E-state index is 0.175. The lowest BCUT2D eigenvalue weighted by molar-refractivity contribution is 0.315. The van der Waals surface area contributed by atoms with Gasteiger partial charge in [0.05, 0.1) is 35.9 Å². The van der Waals surface area contributed by atoms with E-state index >= 15 is 0 Å². The Morgan fingerprint density at radius 1 is 1.14 bits per heavy atom. The van der Waals surface area contributed by atoms with Crippen LogP contribution in [0.2, 0.25) is 0 Å². The monoisotopic (exact) mass is 612 g/mol. The van der Waals surface area contributed by atoms with E-state index in [1.54, 1.807) is 31.5 Å². The van der Waals surface area contributed by atoms with Crippen LogP contribution in [0.25, 0.3) is 11.0 Å². The second kappa shape index (κ2) is 13.5. The van der Waals surface area contributed by atoms with Gasteiger partial charge in [-0.1, -0.05) is 18.9 Å². The first-order chi connectivity index (χ1) is 21.3. The summed E-state index contributed by atoms with van der Waals surface area (Å²) in [6.45, 7) is 8.39. The third-order valence-electron chi connectivity index (χ3n) is 7.92. The third-order valence-corrected chi connectivity index (χ3v) is 8.92. The molecule has 2 aromatic carbocycles. The normalized spacial score (nSPS) is 14.7. The summed E-state index contributed by atoms with van der Waals surface area (Å²) in [5.41, 5.74) is 6.68. The van der Waals surface area contributed by atoms with Crippen molar-refractivity contribution in [1.29, 1.82) is 5.26 Å². The van der Waals surface area contributed by atoms with Gasteiger partial charge in [0.1, 0.15) is 22.9 Å². The van der Waals surface area contributed by atoms with Crippen molar-refractivity contribution in [3.8, 4) is 11.8 Å². The molecular weight excluding hydrogens is 572 g/mol. The maximum absolute atomic E-state index is 9.94. The lowest BCUT2D eigenvalue weighted by atomic mass is 10.1. The van der Waals surface area contributed by atoms with Gasteiger partial charge in [0.25, 0.3) is 0 Å². The van der Waals surface area contributed by atoms with Gasteiger partial charge in [-0.15, -0.1) is 0 Å². The highest BCUT2D eigenvalue weighted by Gasteiger charge is 2.27. The van der Waals surface area contributed by atoms with Crippen LogP contribution in [0.5, 0.6) is 5.75 Å². The van der Waals surface area contributed by atoms with E-state index in [2.05, 4.69) is 92.8 Å². The molecule has 0 radical (unpaired) electrons. The zero-order valence-corrected chi connectivity index (χ0v) is 27.2. The highest BCUT2D eigenvalue weighted by Crippen LogP contribution is 2.40. The molecule has 0 amide bonds. The number of rotatable bonds is 11. The molecule has 0 bridgehead atoms. The van der Waals surface area contributed by atoms with E-state index in [-0.39, 0.29) is 6.04 Å². The minimum absolute atomic E-state index is 0.175. The minimum Gasteiger partial charge on any atom is -0.494 e. The molecule has 1 aliphatic heterocycles. The van der Waals surface area contributed by atoms with Crippen LogP contribution in [0.4, 0.5) is 34.5 Å². The molecule has 1 fully saturated rings. The van der Waals surface area contributed by atoms with E-state index in [9.17, 15) is 5.26 Å². The first-order valence-corrected chi connectivity index (χ1v) is 16.0. The van der Waals surface area contributed by atoms with Crippen molar-refractivity contribution in [3.63, 3.8) is 0 Å². The molecule has 2 N–H and O–H groups in total. The maximum Gasteiger partial charge on any atom is 0.229 e. The van der Waals surface area contributed by atoms with Crippen LogP contribution in [-0.4, -0.2) is 77.5 Å². The molecule has 2 aromatic heterocycles. The molecule has 0 aliphatic carbocycles. The molecule has 5 rings (SSSR count). The second-order valence-electron chi connectivity index (χ2n) is 11.2. The van der Waals surface area contributed by atoms with Gasteiger partial charge < -0.3 is 29.5 Å². The van der Waals surface area contributed by atoms with Crippen LogP contribution in [0.3, 0.4) is 0 Å². The van der Waals surface area contributed by atoms with Crippen LogP contribution in [0.1, 0.15) is 38.3 Å². The molecule has 44 heavy (non-hydrogen) atoms. The molecule has 3 heterocycles. The third kappa shape index (κ3) is 6.30. The van der Waals surface area contributed by atoms with E-state index in [4.69, 9.17) is 9.72 Å². The highest BCUT2D eigenvalue weighted by atomic mass is 32.2. The van der Waals surface area contributed by atoms with Crippen LogP contribution in [0.15, 0.2) is 42.9 Å². The fraction of sp³-hybridized carbons (Fsp3) is 0.406. The van der Waals surface area contributed by atoms with Crippen LogP contribution < -0.4 is 24.6 Å². The van der Waals surface area contributed by atoms with E-state index < -0.39 is 0 Å². The largest absolute Gasteiger partial charge is 0.494 e. The SMILES string of the molecule is CCc1cc(Nc2ncc(C#N)c(Nc3ccc4nccnc4c3N(SC)C(C)C)n2)c(OC)cc1N1CCC(N(C)C)C1. The molecule has 1 atom stereocenters. The Morgan fingerprint density at radius 2 is 1.93 bits per heavy atom. The molecule has 12 heteroatoms. The topological polar surface area (TPSA) is 118 Å². The molecule has 230 valence electrons. The standard InChI is InChI=1S/C32H40N10OS/c1-8-21-15-26(28(43-6)16-27(21)41-14-11-23(19-41)40(4)5)38-32-36-18-22(17-33)31(39-32)37-25-10-9-24-29(35-13-12-34-24)30(25)42(44-7)20(2)3/h9-10,12-13,15-16,18,20,23H,8,11,14,19H2,1-7H3,(H2,36,37,38,39). The number of anilines is 6. The zero-order valence-electron chi connectivity index (χ0n) is 26.4. The summed E-state index contributed by atoms with van der Waals surface area (Å²) in [4.78, 5) is 23.1. The Morgan fingerprint density at radius 3 is 2.59 bits per heavy atom. The summed E-state index contributed by atoms with van der Waals surface area (Å²) in [5, 5.41) is 16.7. The number of fused-ring (bicyclic) bond motifs is 1. The lowest BCUT2D eigenvalue weighted by Crippen LogP contribution is -2.31. The summed E-state index contributed by atoms with van der Waals surface area (Å²) in [6, 6.07) is 11.0. The molecule has 1 aliphatic rings. The molecule has 4 aromatic rings. The maximum atomic E-state index is 9.94. The Kier molecular flexibility index (Phi) is 9.56. The molecule has 0 saturated carbocycles. The summed E-state index contributed by atoms with van der Waals surface area (Å²) in [5.74, 6) is 1.44. The van der Waals surface area contributed by atoms with E-state index in [0.717, 1.165) is 54.0 Å². The lowest BCUT2D eigenvalue weighted by Gasteiger charge is -2.29. The predicted molar refractivity (Wildman–Crippen MR) is 181 cm³/mol. The number of hydrogen-bond donors (Lipinski definition) is 2. The molecule has 11 nitrogen and oxygen atoms in total. The summed E-state index contributed by atoms with van der Waals surface area (Å²) < 4.78 is 8.01. The number of nitrogens with one attached hydrogen (secondary N) is 2. The van der Waals surface area contributed by atoms with Crippen molar-refractivity contribution in [2.45, 2.75) is 45.7 Å². The Hall–Kier alpha value is -4.34. The van der Waals surface area contributed by atoms with Gasteiger partial charge in [-0.05, 0) is 64.5 Å². The molecular formula is C32H40N10OS. The van der Waals surface area contributed by atoms with Crippen LogP contribution in [0, 0.1) is 11.3 Å². The number of ether oxygens (including phenoxy) is 1. The number of benzene rings is 2. The number of likely N-dealkylation sites (N-methyl/N-ethyl adjacent to an activating group) is 1. The quantitative estimate of drug-likeness (QED) is 0.194. The van der Waals surface area contributed by atoms with E-state index in [1.165, 1.54) is 17.4 Å². The van der Waals surface area contributed by atoms with Gasteiger partial charge in [-0.25, -0.2) is 4.98 Å². The number of aromatic nitrogens is 4. The second-order valence-corrected chi connectivity index (χ2v) is 12.0. The number of nitriles is 1. The molecule has 1 unspecified atom stereocenters. The average Bonchev–Trinajstić information content (AvgIpc) is 3.53. The molecule has 1 saturated heterocycles. The van der Waals surface area contributed by atoms with Crippen molar-refractivity contribution < 1.29 is 4.74 Å². The predicted octanol–water partition coefficient (Wildman–Crippen LogP) is 5.98. The smallest absolute Gasteiger partial charge is 0.229 e. The van der Waals surface area contributed by atoms with Gasteiger partial charge in [-0.2, -0.15) is 10.2 Å². The number of nitrogens with zero attached hydrogens (tertiary/aromatic N) is 8. The van der Waals surface area contributed by atoms with Crippen LogP contribution in [-0.2, 0) is 6.42 Å². The zero-order chi connectivity index (χ0) is 31.4. The highest BCUT2D eigenvalue weighted by molar-refractivity contribution is 8.00. The van der Waals surface area contributed by atoms with Crippen molar-refractivity contribution in [2.75, 3.05) is 60.4 Å². The summed E-state index contributed by atoms with van der Waals surface area (Å²) >= 11 is 1.60. The van der Waals surface area contributed by atoms with Gasteiger partial charge in [0, 0.05) is 55.6 Å². The number of hydrogen-bond acceptors (Lipinski definition) is 12. The first-order valence-electron chi connectivity index (χ1n) is 14.8. The Bertz CT molecular complexity index is 1670. The Balaban J connectivity index is 1.50. The number of methoxy groups -OCH3 is 1. The van der Waals surface area contributed by atoms with Crippen molar-refractivity contribution in [2.24, 2.45) is 0 Å². The van der Waals surface area contributed by atoms with Gasteiger partial charge >= 0.3 is 0 Å². The van der Waals surface area contributed by atoms with Gasteiger partial charge in [0.15, 0.2) is 5.82 Å². The number of aryl methyl sites for hydroxylation is 1. The fourth-order valence-electron chi connectivity index (χ4n) is 5.61. The fourth-order valence-corrected chi connectivity index (χ4v) is 6.40. The van der Waals surface area contributed by atoms with E-state index in [1.807, 2.05) is 18.4 Å². The first kappa shape index (κ1) is 31.1. The van der Waals surface area contributed by atoms with Gasteiger partial charge in [-0.3, -0.25) is 9.97 Å². The van der Waals surface area contributed by atoms with E-state index in [0.29, 0.717) is 29.1 Å². The van der Waals surface area contributed by atoms with Crippen molar-refractivity contribution >= 4 is 57.5 Å². The summed E-state index contributed by atoms with van der Waals surface area (Å²) in [6.07, 6.45) is 8.93. The van der Waals surface area contributed by atoms with Crippen molar-refractivity contribution in [1.82, 2.24) is 24.8 Å². The Labute approximate surface area is 263 Å². The van der Waals surface area contributed by atoms with Crippen LogP contribution >= 0.6 is 11.9 Å². The molecule has 0 spiro atoms. The van der Waals surface area contributed by atoms with Gasteiger partial charge in [0.2, 0.25) is 5.95 Å². The average molecular weight is 613 g/mol. The van der Waals surface area contributed by atoms with Crippen molar-refractivity contribution in [3.05, 3.63) is 54.0 Å². The summed E-state index contributed by atoms with van der Waals surface area (Å²) in [7, 11) is 5.95.